The molecule has 3 rings (SSSR count). The summed E-state index contributed by atoms with van der Waals surface area (Å²) in [6.45, 7) is 2.80. The van der Waals surface area contributed by atoms with Crippen molar-refractivity contribution in [3.8, 4) is 0 Å². The van der Waals surface area contributed by atoms with E-state index in [1.165, 1.54) is 5.56 Å². The van der Waals surface area contributed by atoms with E-state index in [0.29, 0.717) is 6.54 Å². The van der Waals surface area contributed by atoms with Gasteiger partial charge in [0.15, 0.2) is 4.77 Å². The highest BCUT2D eigenvalue weighted by molar-refractivity contribution is 7.71. The molecule has 0 radical (unpaired) electrons. The summed E-state index contributed by atoms with van der Waals surface area (Å²) in [4.78, 5) is 3.24. The van der Waals surface area contributed by atoms with Gasteiger partial charge in [0.25, 0.3) is 0 Å². The second-order valence-electron chi connectivity index (χ2n) is 4.47. The van der Waals surface area contributed by atoms with Crippen molar-refractivity contribution in [2.75, 3.05) is 0 Å². The summed E-state index contributed by atoms with van der Waals surface area (Å²) in [5.41, 5.74) is 4.47. The largest absolute Gasteiger partial charge is 0.331 e. The molecule has 0 spiro atoms. The number of nitrogens with zero attached hydrogens (tertiary/aromatic N) is 3. The van der Waals surface area contributed by atoms with Crippen molar-refractivity contribution in [1.82, 2.24) is 19.3 Å². The standard InChI is InChI=1S/C13H14N4S/c1-9-4-3-5-11-12(9)17(13(18)14-11)8-10-6-7-16(2)15-10/h3-7H,8H2,1-2H3,(H,14,18). The summed E-state index contributed by atoms with van der Waals surface area (Å²) in [7, 11) is 1.92. The number of para-hydroxylation sites is 1. The highest BCUT2D eigenvalue weighted by Crippen LogP contribution is 2.19. The average molecular weight is 258 g/mol. The van der Waals surface area contributed by atoms with Crippen molar-refractivity contribution in [2.45, 2.75) is 13.5 Å². The second-order valence-corrected chi connectivity index (χ2v) is 4.85. The molecule has 0 aliphatic heterocycles. The number of aromatic nitrogens is 4. The second kappa shape index (κ2) is 4.10. The van der Waals surface area contributed by atoms with Crippen molar-refractivity contribution in [1.29, 1.82) is 0 Å². The van der Waals surface area contributed by atoms with Crippen molar-refractivity contribution in [3.63, 3.8) is 0 Å². The van der Waals surface area contributed by atoms with E-state index in [1.807, 2.05) is 31.4 Å². The van der Waals surface area contributed by atoms with E-state index in [1.54, 1.807) is 4.68 Å². The predicted octanol–water partition coefficient (Wildman–Crippen LogP) is 2.79. The Balaban J connectivity index is 2.16. The first-order valence-corrected chi connectivity index (χ1v) is 6.22. The van der Waals surface area contributed by atoms with Gasteiger partial charge in [0, 0.05) is 13.2 Å². The summed E-state index contributed by atoms with van der Waals surface area (Å²) in [6, 6.07) is 8.19. The maximum atomic E-state index is 5.39. The van der Waals surface area contributed by atoms with Crippen LogP contribution in [0.25, 0.3) is 11.0 Å². The minimum absolute atomic E-state index is 0.699. The third kappa shape index (κ3) is 1.76. The molecule has 0 atom stereocenters. The number of aromatic amines is 1. The molecule has 0 fully saturated rings. The van der Waals surface area contributed by atoms with E-state index in [2.05, 4.69) is 27.6 Å². The minimum atomic E-state index is 0.699. The molecule has 0 unspecified atom stereocenters. The van der Waals surface area contributed by atoms with Crippen LogP contribution in [0, 0.1) is 11.7 Å². The maximum Gasteiger partial charge on any atom is 0.178 e. The Morgan fingerprint density at radius 3 is 2.89 bits per heavy atom. The first-order chi connectivity index (χ1) is 8.65. The molecule has 3 aromatic rings. The van der Waals surface area contributed by atoms with Crippen LogP contribution in [0.4, 0.5) is 0 Å². The van der Waals surface area contributed by atoms with Crippen LogP contribution in [-0.4, -0.2) is 19.3 Å². The molecule has 4 nitrogen and oxygen atoms in total. The number of rotatable bonds is 2. The third-order valence-electron chi connectivity index (χ3n) is 3.08. The molecular weight excluding hydrogens is 244 g/mol. The number of fused-ring (bicyclic) bond motifs is 1. The molecule has 0 aliphatic carbocycles. The summed E-state index contributed by atoms with van der Waals surface area (Å²) >= 11 is 5.39. The van der Waals surface area contributed by atoms with Gasteiger partial charge in [-0.05, 0) is 36.8 Å². The molecule has 92 valence electrons. The smallest absolute Gasteiger partial charge is 0.178 e. The molecule has 0 saturated carbocycles. The first kappa shape index (κ1) is 11.2. The number of imidazole rings is 1. The quantitative estimate of drug-likeness (QED) is 0.718. The molecule has 2 heterocycles. The van der Waals surface area contributed by atoms with Gasteiger partial charge in [0.2, 0.25) is 0 Å². The Kier molecular flexibility index (Phi) is 2.56. The fraction of sp³-hybridized carbons (Fsp3) is 0.231. The minimum Gasteiger partial charge on any atom is -0.331 e. The van der Waals surface area contributed by atoms with Gasteiger partial charge in [-0.2, -0.15) is 5.10 Å². The molecule has 2 aromatic heterocycles. The first-order valence-electron chi connectivity index (χ1n) is 5.82. The molecule has 18 heavy (non-hydrogen) atoms. The average Bonchev–Trinajstić information content (AvgIpc) is 2.85. The van der Waals surface area contributed by atoms with Crippen molar-refractivity contribution in [3.05, 3.63) is 46.5 Å². The van der Waals surface area contributed by atoms with Crippen LogP contribution >= 0.6 is 12.2 Å². The SMILES string of the molecule is Cc1cccc2[nH]c(=S)n(Cc3ccn(C)n3)c12. The highest BCUT2D eigenvalue weighted by atomic mass is 32.1. The normalized spacial score (nSPS) is 11.2. The van der Waals surface area contributed by atoms with E-state index in [0.717, 1.165) is 21.5 Å². The van der Waals surface area contributed by atoms with Gasteiger partial charge in [0.1, 0.15) is 0 Å². The molecule has 1 N–H and O–H groups in total. The number of hydrogen-bond acceptors (Lipinski definition) is 2. The van der Waals surface area contributed by atoms with Crippen LogP contribution in [-0.2, 0) is 13.6 Å². The zero-order valence-corrected chi connectivity index (χ0v) is 11.2. The fourth-order valence-corrected chi connectivity index (χ4v) is 2.53. The molecule has 5 heteroatoms. The van der Waals surface area contributed by atoms with Crippen LogP contribution in [0.2, 0.25) is 0 Å². The number of hydrogen-bond donors (Lipinski definition) is 1. The third-order valence-corrected chi connectivity index (χ3v) is 3.41. The molecule has 0 bridgehead atoms. The highest BCUT2D eigenvalue weighted by Gasteiger charge is 2.08. The van der Waals surface area contributed by atoms with Gasteiger partial charge in [-0.15, -0.1) is 0 Å². The van der Waals surface area contributed by atoms with Crippen molar-refractivity contribution >= 4 is 23.3 Å². The summed E-state index contributed by atoms with van der Waals surface area (Å²) in [6.07, 6.45) is 1.95. The Morgan fingerprint density at radius 2 is 2.17 bits per heavy atom. The van der Waals surface area contributed by atoms with E-state index >= 15 is 0 Å². The summed E-state index contributed by atoms with van der Waals surface area (Å²) < 4.78 is 4.65. The van der Waals surface area contributed by atoms with E-state index in [-0.39, 0.29) is 0 Å². The number of benzene rings is 1. The molecular formula is C13H14N4S. The van der Waals surface area contributed by atoms with Crippen LogP contribution in [0.5, 0.6) is 0 Å². The van der Waals surface area contributed by atoms with E-state index < -0.39 is 0 Å². The molecule has 0 saturated heterocycles. The van der Waals surface area contributed by atoms with E-state index in [4.69, 9.17) is 12.2 Å². The number of nitrogens with one attached hydrogen (secondary N) is 1. The Morgan fingerprint density at radius 1 is 1.33 bits per heavy atom. The Hall–Kier alpha value is -1.88. The van der Waals surface area contributed by atoms with Gasteiger partial charge >= 0.3 is 0 Å². The predicted molar refractivity (Wildman–Crippen MR) is 74.2 cm³/mol. The fourth-order valence-electron chi connectivity index (χ4n) is 2.26. The van der Waals surface area contributed by atoms with Crippen LogP contribution in [0.1, 0.15) is 11.3 Å². The number of aryl methyl sites for hydroxylation is 2. The van der Waals surface area contributed by atoms with Crippen molar-refractivity contribution < 1.29 is 0 Å². The lowest BCUT2D eigenvalue weighted by Crippen LogP contribution is -2.02. The lowest BCUT2D eigenvalue weighted by Gasteiger charge is -2.04. The van der Waals surface area contributed by atoms with Crippen LogP contribution in [0.15, 0.2) is 30.5 Å². The van der Waals surface area contributed by atoms with Gasteiger partial charge in [0.05, 0.1) is 23.3 Å². The zero-order chi connectivity index (χ0) is 12.7. The lowest BCUT2D eigenvalue weighted by atomic mass is 10.2. The van der Waals surface area contributed by atoms with E-state index in [9.17, 15) is 0 Å². The molecule has 0 aliphatic rings. The summed E-state index contributed by atoms with van der Waals surface area (Å²) in [5.74, 6) is 0. The lowest BCUT2D eigenvalue weighted by molar-refractivity contribution is 0.710. The van der Waals surface area contributed by atoms with Gasteiger partial charge in [-0.1, -0.05) is 12.1 Å². The van der Waals surface area contributed by atoms with Gasteiger partial charge < -0.3 is 9.55 Å². The van der Waals surface area contributed by atoms with Crippen LogP contribution < -0.4 is 0 Å². The van der Waals surface area contributed by atoms with Gasteiger partial charge in [-0.25, -0.2) is 0 Å². The zero-order valence-electron chi connectivity index (χ0n) is 10.3. The van der Waals surface area contributed by atoms with Crippen LogP contribution in [0.3, 0.4) is 0 Å². The number of H-pyrrole nitrogens is 1. The summed E-state index contributed by atoms with van der Waals surface area (Å²) in [5, 5.41) is 4.40. The Labute approximate surface area is 110 Å². The van der Waals surface area contributed by atoms with Crippen molar-refractivity contribution in [2.24, 2.45) is 7.05 Å². The Bertz CT molecular complexity index is 763. The molecule has 0 amide bonds. The molecule has 1 aromatic carbocycles. The monoisotopic (exact) mass is 258 g/mol. The topological polar surface area (TPSA) is 38.5 Å². The van der Waals surface area contributed by atoms with Gasteiger partial charge in [-0.3, -0.25) is 4.68 Å². The maximum absolute atomic E-state index is 5.39.